The monoisotopic (exact) mass is 332 g/mol. The Kier molecular flexibility index (Phi) is 3.90. The second-order valence-electron chi connectivity index (χ2n) is 8.59. The molecule has 2 aliphatic heterocycles. The number of carbonyl (C=O) groups is 1. The third-order valence-corrected chi connectivity index (χ3v) is 5.91. The average molecular weight is 332 g/mol. The zero-order valence-electron chi connectivity index (χ0n) is 15.0. The Hall–Kier alpha value is -1.43. The lowest BCUT2D eigenvalue weighted by molar-refractivity contribution is -0.150. The zero-order valence-corrected chi connectivity index (χ0v) is 15.0. The van der Waals surface area contributed by atoms with Crippen molar-refractivity contribution in [2.45, 2.75) is 52.0 Å². The van der Waals surface area contributed by atoms with Crippen LogP contribution in [-0.2, 0) is 11.2 Å². The van der Waals surface area contributed by atoms with Crippen LogP contribution >= 0.6 is 0 Å². The van der Waals surface area contributed by atoms with Crippen LogP contribution in [0.15, 0.2) is 4.42 Å². The molecule has 0 bridgehead atoms. The van der Waals surface area contributed by atoms with E-state index in [-0.39, 0.29) is 11.5 Å². The lowest BCUT2D eigenvalue weighted by atomic mass is 9.75. The Balaban J connectivity index is 1.38. The second kappa shape index (κ2) is 5.83. The fourth-order valence-corrected chi connectivity index (χ4v) is 4.44. The molecule has 132 valence electrons. The van der Waals surface area contributed by atoms with Crippen molar-refractivity contribution in [3.8, 4) is 0 Å². The topological polar surface area (TPSA) is 62.5 Å². The van der Waals surface area contributed by atoms with E-state index < -0.39 is 0 Å². The van der Waals surface area contributed by atoms with E-state index in [1.54, 1.807) is 0 Å². The number of hydrogen-bond donors (Lipinski definition) is 0. The summed E-state index contributed by atoms with van der Waals surface area (Å²) in [6, 6.07) is 0.194. The standard InChI is InChI=1S/C18H28N4O2/c1-12(2)7-15-19-20-16(24-15)14-8-18(9-21(14)3)10-22(11-18)17(23)13-5-4-6-13/h12-14H,4-11H2,1-3H3. The molecule has 1 atom stereocenters. The van der Waals surface area contributed by atoms with Crippen LogP contribution in [0.4, 0.5) is 0 Å². The Morgan fingerprint density at radius 3 is 2.67 bits per heavy atom. The molecular weight excluding hydrogens is 304 g/mol. The van der Waals surface area contributed by atoms with Gasteiger partial charge in [-0.25, -0.2) is 0 Å². The van der Waals surface area contributed by atoms with Crippen LogP contribution in [0.5, 0.6) is 0 Å². The third kappa shape index (κ3) is 2.75. The summed E-state index contributed by atoms with van der Waals surface area (Å²) in [5.41, 5.74) is 0.228. The molecule has 3 heterocycles. The smallest absolute Gasteiger partial charge is 0.233 e. The highest BCUT2D eigenvalue weighted by Crippen LogP contribution is 2.48. The highest BCUT2D eigenvalue weighted by atomic mass is 16.4. The maximum Gasteiger partial charge on any atom is 0.233 e. The molecule has 1 aromatic heterocycles. The van der Waals surface area contributed by atoms with Crippen molar-refractivity contribution >= 4 is 5.91 Å². The van der Waals surface area contributed by atoms with E-state index in [1.807, 2.05) is 0 Å². The van der Waals surface area contributed by atoms with Gasteiger partial charge in [0.2, 0.25) is 17.7 Å². The minimum absolute atomic E-state index is 0.194. The van der Waals surface area contributed by atoms with E-state index in [1.165, 1.54) is 6.42 Å². The van der Waals surface area contributed by atoms with E-state index >= 15 is 0 Å². The second-order valence-corrected chi connectivity index (χ2v) is 8.59. The van der Waals surface area contributed by atoms with Crippen molar-refractivity contribution in [1.82, 2.24) is 20.0 Å². The molecule has 0 N–H and O–H groups in total. The highest BCUT2D eigenvalue weighted by Gasteiger charge is 2.54. The SMILES string of the molecule is CC(C)Cc1nnc(C2CC3(CN(C(=O)C4CCC4)C3)CN2C)o1. The van der Waals surface area contributed by atoms with Crippen LogP contribution in [0.1, 0.15) is 57.4 Å². The summed E-state index contributed by atoms with van der Waals surface area (Å²) in [6.45, 7) is 7.12. The van der Waals surface area contributed by atoms with Crippen LogP contribution < -0.4 is 0 Å². The van der Waals surface area contributed by atoms with Crippen LogP contribution in [-0.4, -0.2) is 52.6 Å². The summed E-state index contributed by atoms with van der Waals surface area (Å²) in [4.78, 5) is 16.7. The molecule has 3 aliphatic rings. The van der Waals surface area contributed by atoms with Crippen molar-refractivity contribution in [2.75, 3.05) is 26.7 Å². The lowest BCUT2D eigenvalue weighted by Crippen LogP contribution is -2.61. The minimum Gasteiger partial charge on any atom is -0.424 e. The predicted octanol–water partition coefficient (Wildman–Crippen LogP) is 2.27. The van der Waals surface area contributed by atoms with Crippen LogP contribution in [0.2, 0.25) is 0 Å². The van der Waals surface area contributed by atoms with E-state index in [0.717, 1.165) is 57.1 Å². The Morgan fingerprint density at radius 1 is 1.29 bits per heavy atom. The predicted molar refractivity (Wildman–Crippen MR) is 89.2 cm³/mol. The molecule has 1 aliphatic carbocycles. The van der Waals surface area contributed by atoms with Crippen molar-refractivity contribution in [3.05, 3.63) is 11.8 Å². The molecule has 1 saturated carbocycles. The number of amides is 1. The number of likely N-dealkylation sites (tertiary alicyclic amines) is 2. The Labute approximate surface area is 143 Å². The van der Waals surface area contributed by atoms with Gasteiger partial charge >= 0.3 is 0 Å². The van der Waals surface area contributed by atoms with Crippen molar-refractivity contribution < 1.29 is 9.21 Å². The average Bonchev–Trinajstić information content (AvgIpc) is 2.98. The number of aromatic nitrogens is 2. The zero-order chi connectivity index (χ0) is 16.9. The van der Waals surface area contributed by atoms with E-state index in [2.05, 4.69) is 40.9 Å². The molecule has 24 heavy (non-hydrogen) atoms. The highest BCUT2D eigenvalue weighted by molar-refractivity contribution is 5.80. The molecule has 4 rings (SSSR count). The molecule has 6 heteroatoms. The largest absolute Gasteiger partial charge is 0.424 e. The fraction of sp³-hybridized carbons (Fsp3) is 0.833. The summed E-state index contributed by atoms with van der Waals surface area (Å²) in [7, 11) is 2.13. The number of nitrogens with zero attached hydrogens (tertiary/aromatic N) is 4. The third-order valence-electron chi connectivity index (χ3n) is 5.91. The van der Waals surface area contributed by atoms with Gasteiger partial charge in [0.15, 0.2) is 0 Å². The fourth-order valence-electron chi connectivity index (χ4n) is 4.44. The van der Waals surface area contributed by atoms with Gasteiger partial charge in [0.25, 0.3) is 0 Å². The van der Waals surface area contributed by atoms with Crippen molar-refractivity contribution in [3.63, 3.8) is 0 Å². The molecule has 2 saturated heterocycles. The van der Waals surface area contributed by atoms with Gasteiger partial charge in [0.1, 0.15) is 0 Å². The van der Waals surface area contributed by atoms with Gasteiger partial charge in [-0.3, -0.25) is 9.69 Å². The minimum atomic E-state index is 0.194. The Morgan fingerprint density at radius 2 is 2.04 bits per heavy atom. The molecule has 1 unspecified atom stereocenters. The summed E-state index contributed by atoms with van der Waals surface area (Å²) < 4.78 is 5.91. The molecule has 0 aromatic carbocycles. The number of carbonyl (C=O) groups excluding carboxylic acids is 1. The van der Waals surface area contributed by atoms with Gasteiger partial charge < -0.3 is 9.32 Å². The van der Waals surface area contributed by atoms with Gasteiger partial charge in [-0.1, -0.05) is 20.3 Å². The van der Waals surface area contributed by atoms with Gasteiger partial charge in [-0.05, 0) is 32.2 Å². The van der Waals surface area contributed by atoms with Gasteiger partial charge in [-0.15, -0.1) is 10.2 Å². The number of rotatable bonds is 4. The van der Waals surface area contributed by atoms with E-state index in [0.29, 0.717) is 17.7 Å². The van der Waals surface area contributed by atoms with E-state index in [9.17, 15) is 4.79 Å². The molecule has 1 amide bonds. The molecule has 1 aromatic rings. The summed E-state index contributed by atoms with van der Waals surface area (Å²) >= 11 is 0. The Bertz CT molecular complexity index is 616. The van der Waals surface area contributed by atoms with Gasteiger partial charge in [0.05, 0.1) is 6.04 Å². The molecular formula is C18H28N4O2. The first-order chi connectivity index (χ1) is 11.5. The van der Waals surface area contributed by atoms with E-state index in [4.69, 9.17) is 4.42 Å². The molecule has 1 spiro atoms. The van der Waals surface area contributed by atoms with Crippen molar-refractivity contribution in [1.29, 1.82) is 0 Å². The first kappa shape index (κ1) is 16.1. The van der Waals surface area contributed by atoms with Crippen LogP contribution in [0.25, 0.3) is 0 Å². The molecule has 0 radical (unpaired) electrons. The first-order valence-electron chi connectivity index (χ1n) is 9.27. The quantitative estimate of drug-likeness (QED) is 0.846. The molecule has 3 fully saturated rings. The summed E-state index contributed by atoms with van der Waals surface area (Å²) in [6.07, 6.45) is 5.24. The van der Waals surface area contributed by atoms with Crippen molar-refractivity contribution in [2.24, 2.45) is 17.3 Å². The maximum absolute atomic E-state index is 12.4. The van der Waals surface area contributed by atoms with Gasteiger partial charge in [0, 0.05) is 37.4 Å². The maximum atomic E-state index is 12.4. The van der Waals surface area contributed by atoms with Crippen LogP contribution in [0, 0.1) is 17.3 Å². The summed E-state index contributed by atoms with van der Waals surface area (Å²) in [5, 5.41) is 8.50. The lowest BCUT2D eigenvalue weighted by Gasteiger charge is -2.50. The summed E-state index contributed by atoms with van der Waals surface area (Å²) in [5.74, 6) is 2.70. The normalized spacial score (nSPS) is 26.8. The molecule has 6 nitrogen and oxygen atoms in total. The number of hydrogen-bond acceptors (Lipinski definition) is 5. The van der Waals surface area contributed by atoms with Crippen LogP contribution in [0.3, 0.4) is 0 Å². The van der Waals surface area contributed by atoms with Gasteiger partial charge in [-0.2, -0.15) is 0 Å². The first-order valence-corrected chi connectivity index (χ1v) is 9.27.